The third kappa shape index (κ3) is 1.51. The molecule has 1 heterocycles. The molecule has 0 saturated heterocycles. The Hall–Kier alpha value is -1.58. The van der Waals surface area contributed by atoms with Crippen molar-refractivity contribution in [2.75, 3.05) is 0 Å². The van der Waals surface area contributed by atoms with E-state index in [1.54, 1.807) is 0 Å². The molecule has 0 bridgehead atoms. The zero-order chi connectivity index (χ0) is 12.2. The minimum Gasteiger partial charge on any atom is -0.506 e. The maximum absolute atomic E-state index is 9.56. The smallest absolute Gasteiger partial charge is 0.137 e. The first-order chi connectivity index (χ1) is 8.06. The number of benzene rings is 2. The zero-order valence-electron chi connectivity index (χ0n) is 8.37. The molecule has 0 fully saturated rings. The van der Waals surface area contributed by atoms with Crippen LogP contribution < -0.4 is 0 Å². The summed E-state index contributed by atoms with van der Waals surface area (Å²) in [6.07, 6.45) is 0. The first-order valence-corrected chi connectivity index (χ1v) is 5.55. The minimum absolute atomic E-state index is 0.0312. The molecule has 17 heavy (non-hydrogen) atoms. The fourth-order valence-corrected chi connectivity index (χ4v) is 2.10. The second kappa shape index (κ2) is 3.45. The lowest BCUT2D eigenvalue weighted by Crippen LogP contribution is -1.71. The lowest BCUT2D eigenvalue weighted by Gasteiger charge is -1.96. The summed E-state index contributed by atoms with van der Waals surface area (Å²) < 4.78 is 5.53. The number of phenolic OH excluding ortho intramolecular Hbond substituents is 2. The predicted molar refractivity (Wildman–Crippen MR) is 67.1 cm³/mol. The predicted octanol–water partition coefficient (Wildman–Crippen LogP) is 4.30. The number of rotatable bonds is 0. The van der Waals surface area contributed by atoms with E-state index in [0.717, 1.165) is 0 Å². The summed E-state index contributed by atoms with van der Waals surface area (Å²) >= 11 is 11.6. The monoisotopic (exact) mass is 268 g/mol. The van der Waals surface area contributed by atoms with Gasteiger partial charge in [-0.1, -0.05) is 23.2 Å². The molecule has 0 saturated carbocycles. The van der Waals surface area contributed by atoms with Crippen molar-refractivity contribution in [3.63, 3.8) is 0 Å². The fraction of sp³-hybridized carbons (Fsp3) is 0. The fourth-order valence-electron chi connectivity index (χ4n) is 1.80. The van der Waals surface area contributed by atoms with E-state index in [9.17, 15) is 10.2 Å². The number of hydrogen-bond acceptors (Lipinski definition) is 3. The largest absolute Gasteiger partial charge is 0.506 e. The van der Waals surface area contributed by atoms with E-state index in [0.29, 0.717) is 21.9 Å². The van der Waals surface area contributed by atoms with Crippen LogP contribution in [0.1, 0.15) is 0 Å². The van der Waals surface area contributed by atoms with Gasteiger partial charge in [-0.15, -0.1) is 0 Å². The summed E-state index contributed by atoms with van der Waals surface area (Å²) in [5.41, 5.74) is 1.06. The SMILES string of the molecule is Oc1cc2c(cc1Cl)oc1cc(Cl)c(O)cc12. The van der Waals surface area contributed by atoms with Crippen LogP contribution >= 0.6 is 23.2 Å². The van der Waals surface area contributed by atoms with Gasteiger partial charge < -0.3 is 14.6 Å². The van der Waals surface area contributed by atoms with Crippen LogP contribution in [0.5, 0.6) is 11.5 Å². The quantitative estimate of drug-likeness (QED) is 0.639. The molecule has 3 nitrogen and oxygen atoms in total. The van der Waals surface area contributed by atoms with Crippen molar-refractivity contribution < 1.29 is 14.6 Å². The molecule has 2 N–H and O–H groups in total. The number of aromatic hydroxyl groups is 2. The Morgan fingerprint density at radius 1 is 0.765 bits per heavy atom. The summed E-state index contributed by atoms with van der Waals surface area (Å²) in [5, 5.41) is 20.9. The van der Waals surface area contributed by atoms with Gasteiger partial charge in [0.25, 0.3) is 0 Å². The van der Waals surface area contributed by atoms with E-state index < -0.39 is 0 Å². The molecule has 3 rings (SSSR count). The number of hydrogen-bond donors (Lipinski definition) is 2. The van der Waals surface area contributed by atoms with Gasteiger partial charge in [-0.05, 0) is 12.1 Å². The molecule has 0 spiro atoms. The van der Waals surface area contributed by atoms with Gasteiger partial charge in [0, 0.05) is 22.9 Å². The lowest BCUT2D eigenvalue weighted by atomic mass is 10.1. The molecule has 1 aromatic heterocycles. The van der Waals surface area contributed by atoms with Crippen LogP contribution in [-0.4, -0.2) is 10.2 Å². The molecule has 0 radical (unpaired) electrons. The highest BCUT2D eigenvalue weighted by Gasteiger charge is 2.12. The third-order valence-electron chi connectivity index (χ3n) is 2.61. The van der Waals surface area contributed by atoms with Crippen LogP contribution in [0.4, 0.5) is 0 Å². The van der Waals surface area contributed by atoms with E-state index in [-0.39, 0.29) is 21.5 Å². The Bertz CT molecular complexity index is 684. The van der Waals surface area contributed by atoms with E-state index >= 15 is 0 Å². The molecule has 0 aliphatic carbocycles. The highest BCUT2D eigenvalue weighted by molar-refractivity contribution is 6.34. The van der Waals surface area contributed by atoms with Crippen molar-refractivity contribution in [3.05, 3.63) is 34.3 Å². The van der Waals surface area contributed by atoms with Crippen LogP contribution in [0.25, 0.3) is 21.9 Å². The summed E-state index contributed by atoms with van der Waals surface area (Å²) in [4.78, 5) is 0. The summed E-state index contributed by atoms with van der Waals surface area (Å²) in [5.74, 6) is -0.0624. The minimum atomic E-state index is -0.0312. The standard InChI is InChI=1S/C12H6Cl2O3/c13-7-3-11-5(1-9(7)15)6-2-10(16)8(14)4-12(6)17-11/h1-4,15-16H. The van der Waals surface area contributed by atoms with Crippen LogP contribution in [0.2, 0.25) is 10.0 Å². The molecule has 0 aliphatic heterocycles. The maximum Gasteiger partial charge on any atom is 0.137 e. The van der Waals surface area contributed by atoms with Crippen molar-refractivity contribution in [2.24, 2.45) is 0 Å². The normalized spacial score (nSPS) is 11.4. The Kier molecular flexibility index (Phi) is 2.15. The number of halogens is 2. The molecule has 0 aliphatic rings. The van der Waals surface area contributed by atoms with Crippen molar-refractivity contribution >= 4 is 45.1 Å². The Morgan fingerprint density at radius 2 is 1.18 bits per heavy atom. The van der Waals surface area contributed by atoms with Crippen molar-refractivity contribution in [3.8, 4) is 11.5 Å². The Labute approximate surface area is 106 Å². The molecule has 5 heteroatoms. The second-order valence-corrected chi connectivity index (χ2v) is 4.52. The van der Waals surface area contributed by atoms with Gasteiger partial charge >= 0.3 is 0 Å². The molecule has 2 aromatic carbocycles. The van der Waals surface area contributed by atoms with Crippen LogP contribution in [0, 0.1) is 0 Å². The van der Waals surface area contributed by atoms with Gasteiger partial charge in [0.1, 0.15) is 22.7 Å². The maximum atomic E-state index is 9.56. The lowest BCUT2D eigenvalue weighted by molar-refractivity contribution is 0.475. The van der Waals surface area contributed by atoms with Gasteiger partial charge in [0.15, 0.2) is 0 Å². The highest BCUT2D eigenvalue weighted by atomic mass is 35.5. The molecule has 0 unspecified atom stereocenters. The van der Waals surface area contributed by atoms with E-state index in [1.165, 1.54) is 24.3 Å². The molecular formula is C12H6Cl2O3. The molecule has 86 valence electrons. The van der Waals surface area contributed by atoms with Crippen molar-refractivity contribution in [2.45, 2.75) is 0 Å². The van der Waals surface area contributed by atoms with Gasteiger partial charge in [-0.2, -0.15) is 0 Å². The van der Waals surface area contributed by atoms with Crippen LogP contribution in [0.3, 0.4) is 0 Å². The van der Waals surface area contributed by atoms with Gasteiger partial charge in [-0.3, -0.25) is 0 Å². The van der Waals surface area contributed by atoms with Crippen LogP contribution in [0.15, 0.2) is 28.7 Å². The number of fused-ring (bicyclic) bond motifs is 3. The Balaban J connectivity index is 2.51. The highest BCUT2D eigenvalue weighted by Crippen LogP contribution is 2.38. The van der Waals surface area contributed by atoms with Crippen molar-refractivity contribution in [1.82, 2.24) is 0 Å². The number of furan rings is 1. The topological polar surface area (TPSA) is 53.6 Å². The Morgan fingerprint density at radius 3 is 1.59 bits per heavy atom. The van der Waals surface area contributed by atoms with Gasteiger partial charge in [0.05, 0.1) is 10.0 Å². The average Bonchev–Trinajstić information content (AvgIpc) is 2.58. The molecule has 3 aromatic rings. The van der Waals surface area contributed by atoms with E-state index in [2.05, 4.69) is 0 Å². The molecular weight excluding hydrogens is 263 g/mol. The van der Waals surface area contributed by atoms with Crippen molar-refractivity contribution in [1.29, 1.82) is 0 Å². The third-order valence-corrected chi connectivity index (χ3v) is 3.21. The second-order valence-electron chi connectivity index (χ2n) is 3.70. The zero-order valence-corrected chi connectivity index (χ0v) is 9.88. The first kappa shape index (κ1) is 10.6. The summed E-state index contributed by atoms with van der Waals surface area (Å²) in [6.45, 7) is 0. The molecule has 0 atom stereocenters. The van der Waals surface area contributed by atoms with Gasteiger partial charge in [0.2, 0.25) is 0 Å². The summed E-state index contributed by atoms with van der Waals surface area (Å²) in [7, 11) is 0. The average molecular weight is 269 g/mol. The van der Waals surface area contributed by atoms with E-state index in [4.69, 9.17) is 27.6 Å². The van der Waals surface area contributed by atoms with Gasteiger partial charge in [-0.25, -0.2) is 0 Å². The van der Waals surface area contributed by atoms with Crippen LogP contribution in [-0.2, 0) is 0 Å². The number of phenols is 2. The van der Waals surface area contributed by atoms with E-state index in [1.807, 2.05) is 0 Å². The first-order valence-electron chi connectivity index (χ1n) is 4.79. The summed E-state index contributed by atoms with van der Waals surface area (Å²) in [6, 6.07) is 6.04. The molecule has 0 amide bonds.